The maximum atomic E-state index is 5.60. The first-order valence-electron chi connectivity index (χ1n) is 8.63. The summed E-state index contributed by atoms with van der Waals surface area (Å²) in [5.74, 6) is 0. The molecule has 0 aliphatic heterocycles. The van der Waals surface area contributed by atoms with Crippen molar-refractivity contribution in [2.45, 2.75) is 6.54 Å². The van der Waals surface area contributed by atoms with Crippen LogP contribution in [0.1, 0.15) is 11.1 Å². The Labute approximate surface area is 147 Å². The van der Waals surface area contributed by atoms with Gasteiger partial charge < -0.3 is 5.73 Å². The molecule has 0 aliphatic carbocycles. The molecule has 0 spiro atoms. The number of benzene rings is 3. The molecule has 2 N–H and O–H groups in total. The van der Waals surface area contributed by atoms with Crippen LogP contribution >= 0.6 is 0 Å². The molecule has 0 aliphatic rings. The van der Waals surface area contributed by atoms with Gasteiger partial charge in [-0.3, -0.25) is 0 Å². The predicted molar refractivity (Wildman–Crippen MR) is 106 cm³/mol. The SMILES string of the molecule is NCC[n+]1ccc(/C=C/c2c3ccccc3cc3ccccc23)cc1. The van der Waals surface area contributed by atoms with Crippen LogP contribution in [0.5, 0.6) is 0 Å². The lowest BCUT2D eigenvalue weighted by Crippen LogP contribution is -2.36. The molecule has 0 radical (unpaired) electrons. The zero-order valence-corrected chi connectivity index (χ0v) is 14.1. The molecule has 0 saturated heterocycles. The summed E-state index contributed by atoms with van der Waals surface area (Å²) in [6.07, 6.45) is 8.57. The highest BCUT2D eigenvalue weighted by atomic mass is 14.9. The van der Waals surface area contributed by atoms with Crippen LogP contribution in [0.25, 0.3) is 33.7 Å². The summed E-state index contributed by atoms with van der Waals surface area (Å²) in [6, 6.07) is 23.7. The molecule has 0 fully saturated rings. The Kier molecular flexibility index (Phi) is 4.28. The van der Waals surface area contributed by atoms with Crippen molar-refractivity contribution >= 4 is 33.7 Å². The van der Waals surface area contributed by atoms with E-state index in [2.05, 4.69) is 95.8 Å². The van der Waals surface area contributed by atoms with Crippen molar-refractivity contribution in [2.24, 2.45) is 5.73 Å². The lowest BCUT2D eigenvalue weighted by Gasteiger charge is -2.08. The van der Waals surface area contributed by atoms with E-state index in [-0.39, 0.29) is 0 Å². The molecule has 2 nitrogen and oxygen atoms in total. The fraction of sp³-hybridized carbons (Fsp3) is 0.0870. The normalized spacial score (nSPS) is 11.6. The van der Waals surface area contributed by atoms with E-state index >= 15 is 0 Å². The molecule has 4 aromatic rings. The highest BCUT2D eigenvalue weighted by Crippen LogP contribution is 2.29. The molecule has 0 bridgehead atoms. The van der Waals surface area contributed by atoms with E-state index in [1.165, 1.54) is 32.7 Å². The number of pyridine rings is 1. The van der Waals surface area contributed by atoms with Gasteiger partial charge in [0.2, 0.25) is 0 Å². The second-order valence-corrected chi connectivity index (χ2v) is 6.22. The zero-order valence-electron chi connectivity index (χ0n) is 14.1. The Bertz CT molecular complexity index is 993. The third-order valence-electron chi connectivity index (χ3n) is 4.56. The Balaban J connectivity index is 1.81. The van der Waals surface area contributed by atoms with Crippen LogP contribution in [-0.2, 0) is 6.54 Å². The fourth-order valence-corrected chi connectivity index (χ4v) is 3.29. The van der Waals surface area contributed by atoms with Crippen molar-refractivity contribution < 1.29 is 4.57 Å². The van der Waals surface area contributed by atoms with E-state index < -0.39 is 0 Å². The summed E-state index contributed by atoms with van der Waals surface area (Å²) in [4.78, 5) is 0. The average molecular weight is 325 g/mol. The van der Waals surface area contributed by atoms with Gasteiger partial charge in [0.25, 0.3) is 0 Å². The minimum atomic E-state index is 0.655. The molecule has 3 aromatic carbocycles. The molecule has 1 aromatic heterocycles. The monoisotopic (exact) mass is 325 g/mol. The number of nitrogens with zero attached hydrogens (tertiary/aromatic N) is 1. The van der Waals surface area contributed by atoms with Crippen molar-refractivity contribution in [1.29, 1.82) is 0 Å². The minimum Gasteiger partial charge on any atom is -0.325 e. The van der Waals surface area contributed by atoms with Crippen LogP contribution in [0.15, 0.2) is 79.1 Å². The average Bonchev–Trinajstić information content (AvgIpc) is 2.66. The number of hydrogen-bond acceptors (Lipinski definition) is 1. The predicted octanol–water partition coefficient (Wildman–Crippen LogP) is 4.41. The lowest BCUT2D eigenvalue weighted by atomic mass is 9.96. The number of aromatic nitrogens is 1. The second kappa shape index (κ2) is 6.88. The number of hydrogen-bond donors (Lipinski definition) is 1. The van der Waals surface area contributed by atoms with Gasteiger partial charge in [-0.25, -0.2) is 4.57 Å². The summed E-state index contributed by atoms with van der Waals surface area (Å²) in [6.45, 7) is 1.50. The standard InChI is InChI=1S/C23H21N2/c24-13-16-25-14-11-18(12-15-25)9-10-23-21-7-3-1-5-19(21)17-20-6-2-4-8-22(20)23/h1-12,14-15,17H,13,16,24H2/q+1/b10-9+. The smallest absolute Gasteiger partial charge is 0.169 e. The van der Waals surface area contributed by atoms with Gasteiger partial charge in [-0.2, -0.15) is 0 Å². The number of fused-ring (bicyclic) bond motifs is 2. The molecule has 25 heavy (non-hydrogen) atoms. The summed E-state index contributed by atoms with van der Waals surface area (Å²) in [5, 5.41) is 5.11. The molecule has 0 atom stereocenters. The molecule has 0 unspecified atom stereocenters. The van der Waals surface area contributed by atoms with Crippen molar-refractivity contribution in [1.82, 2.24) is 0 Å². The van der Waals surface area contributed by atoms with E-state index in [0.717, 1.165) is 6.54 Å². The van der Waals surface area contributed by atoms with E-state index in [0.29, 0.717) is 6.54 Å². The Morgan fingerprint density at radius 1 is 0.760 bits per heavy atom. The van der Waals surface area contributed by atoms with Gasteiger partial charge in [-0.05, 0) is 38.7 Å². The van der Waals surface area contributed by atoms with Gasteiger partial charge in [0.15, 0.2) is 18.9 Å². The van der Waals surface area contributed by atoms with Gasteiger partial charge in [-0.15, -0.1) is 0 Å². The Morgan fingerprint density at radius 3 is 1.96 bits per heavy atom. The molecular weight excluding hydrogens is 304 g/mol. The molecule has 0 saturated carbocycles. The van der Waals surface area contributed by atoms with E-state index in [4.69, 9.17) is 5.73 Å². The molecule has 122 valence electrons. The summed E-state index contributed by atoms with van der Waals surface area (Å²) >= 11 is 0. The molecule has 0 amide bonds. The lowest BCUT2D eigenvalue weighted by molar-refractivity contribution is -0.694. The maximum absolute atomic E-state index is 5.60. The maximum Gasteiger partial charge on any atom is 0.169 e. The number of rotatable bonds is 4. The third-order valence-corrected chi connectivity index (χ3v) is 4.56. The molecule has 1 heterocycles. The first-order valence-corrected chi connectivity index (χ1v) is 8.63. The number of nitrogens with two attached hydrogens (primary N) is 1. The van der Waals surface area contributed by atoms with Gasteiger partial charge in [0.1, 0.15) is 0 Å². The highest BCUT2D eigenvalue weighted by Gasteiger charge is 2.05. The van der Waals surface area contributed by atoms with Crippen molar-refractivity contribution in [3.63, 3.8) is 0 Å². The zero-order chi connectivity index (χ0) is 17.1. The van der Waals surface area contributed by atoms with Crippen molar-refractivity contribution in [2.75, 3.05) is 6.54 Å². The summed E-state index contributed by atoms with van der Waals surface area (Å²) in [7, 11) is 0. The largest absolute Gasteiger partial charge is 0.325 e. The van der Waals surface area contributed by atoms with Crippen molar-refractivity contribution in [3.8, 4) is 0 Å². The van der Waals surface area contributed by atoms with Crippen molar-refractivity contribution in [3.05, 3.63) is 90.3 Å². The third kappa shape index (κ3) is 3.17. The van der Waals surface area contributed by atoms with E-state index in [1.807, 2.05) is 0 Å². The first kappa shape index (κ1) is 15.6. The fourth-order valence-electron chi connectivity index (χ4n) is 3.29. The van der Waals surface area contributed by atoms with Gasteiger partial charge in [0, 0.05) is 12.1 Å². The van der Waals surface area contributed by atoms with Gasteiger partial charge in [-0.1, -0.05) is 60.7 Å². The van der Waals surface area contributed by atoms with Crippen LogP contribution in [0.2, 0.25) is 0 Å². The van der Waals surface area contributed by atoms with Gasteiger partial charge in [0.05, 0.1) is 6.54 Å². The van der Waals surface area contributed by atoms with E-state index in [1.54, 1.807) is 0 Å². The van der Waals surface area contributed by atoms with Crippen LogP contribution < -0.4 is 10.3 Å². The van der Waals surface area contributed by atoms with Crippen LogP contribution in [0.3, 0.4) is 0 Å². The summed E-state index contributed by atoms with van der Waals surface area (Å²) < 4.78 is 2.10. The van der Waals surface area contributed by atoms with Crippen LogP contribution in [-0.4, -0.2) is 6.54 Å². The summed E-state index contributed by atoms with van der Waals surface area (Å²) in [5.41, 5.74) is 8.06. The Hall–Kier alpha value is -2.97. The Morgan fingerprint density at radius 2 is 1.36 bits per heavy atom. The van der Waals surface area contributed by atoms with Gasteiger partial charge >= 0.3 is 0 Å². The molecular formula is C23H21N2+. The highest BCUT2D eigenvalue weighted by molar-refractivity contribution is 6.07. The molecule has 2 heteroatoms. The van der Waals surface area contributed by atoms with Crippen LogP contribution in [0.4, 0.5) is 0 Å². The minimum absolute atomic E-state index is 0.655. The molecule has 4 rings (SSSR count). The second-order valence-electron chi connectivity index (χ2n) is 6.22. The van der Waals surface area contributed by atoms with E-state index in [9.17, 15) is 0 Å². The first-order chi connectivity index (χ1) is 12.3. The quantitative estimate of drug-likeness (QED) is 0.437. The topological polar surface area (TPSA) is 29.9 Å². The van der Waals surface area contributed by atoms with Crippen LogP contribution in [0, 0.1) is 0 Å².